The summed E-state index contributed by atoms with van der Waals surface area (Å²) in [5.41, 5.74) is 1.90. The van der Waals surface area contributed by atoms with Gasteiger partial charge in [0.25, 0.3) is 0 Å². The third-order valence-electron chi connectivity index (χ3n) is 2.35. The van der Waals surface area contributed by atoms with Crippen LogP contribution in [0.1, 0.15) is 25.2 Å². The van der Waals surface area contributed by atoms with Crippen molar-refractivity contribution in [1.29, 1.82) is 0 Å². The van der Waals surface area contributed by atoms with Crippen molar-refractivity contribution in [3.63, 3.8) is 0 Å². The zero-order valence-corrected chi connectivity index (χ0v) is 9.11. The minimum Gasteiger partial charge on any atom is -0.461 e. The molecule has 0 spiro atoms. The van der Waals surface area contributed by atoms with Gasteiger partial charge in [0.1, 0.15) is 11.3 Å². The maximum absolute atomic E-state index is 6.06. The van der Waals surface area contributed by atoms with Gasteiger partial charge in [-0.3, -0.25) is 0 Å². The molecule has 1 nitrogen and oxygen atoms in total. The van der Waals surface area contributed by atoms with Crippen molar-refractivity contribution < 1.29 is 4.42 Å². The highest BCUT2D eigenvalue weighted by atomic mass is 35.5. The topological polar surface area (TPSA) is 13.1 Å². The number of furan rings is 1. The lowest BCUT2D eigenvalue weighted by molar-refractivity contribution is 0.557. The Bertz CT molecular complexity index is 457. The van der Waals surface area contributed by atoms with Crippen LogP contribution in [0, 0.1) is 6.07 Å². The molecule has 0 unspecified atom stereocenters. The van der Waals surface area contributed by atoms with E-state index in [0.717, 1.165) is 40.2 Å². The van der Waals surface area contributed by atoms with Gasteiger partial charge in [-0.15, -0.1) is 0 Å². The number of hydrogen-bond acceptors (Lipinski definition) is 1. The Labute approximate surface area is 88.7 Å². The van der Waals surface area contributed by atoms with Crippen LogP contribution in [0.25, 0.3) is 11.0 Å². The second-order valence-corrected chi connectivity index (χ2v) is 3.70. The van der Waals surface area contributed by atoms with Gasteiger partial charge >= 0.3 is 0 Å². The summed E-state index contributed by atoms with van der Waals surface area (Å²) in [7, 11) is 0. The van der Waals surface area contributed by atoms with Crippen LogP contribution in [0.15, 0.2) is 16.5 Å². The summed E-state index contributed by atoms with van der Waals surface area (Å²) >= 11 is 6.06. The fraction of sp³-hybridized carbons (Fsp3) is 0.333. The Morgan fingerprint density at radius 2 is 2.07 bits per heavy atom. The van der Waals surface area contributed by atoms with E-state index in [1.807, 2.05) is 12.1 Å². The van der Waals surface area contributed by atoms with Gasteiger partial charge in [-0.1, -0.05) is 25.4 Å². The Morgan fingerprint density at radius 1 is 1.29 bits per heavy atom. The molecule has 2 heteroatoms. The molecule has 0 saturated heterocycles. The molecule has 1 heterocycles. The zero-order valence-electron chi connectivity index (χ0n) is 8.36. The van der Waals surface area contributed by atoms with Crippen LogP contribution < -0.4 is 0 Å². The molecule has 0 bridgehead atoms. The molecular formula is C12H12ClO. The van der Waals surface area contributed by atoms with Gasteiger partial charge in [-0.2, -0.15) is 0 Å². The fourth-order valence-electron chi connectivity index (χ4n) is 1.52. The van der Waals surface area contributed by atoms with Crippen LogP contribution in [0.5, 0.6) is 0 Å². The van der Waals surface area contributed by atoms with Gasteiger partial charge in [-0.05, 0) is 24.1 Å². The Hall–Kier alpha value is -0.950. The SMILES string of the molecule is CCc1cc2[c]c(CC)c(Cl)cc2o1. The minimum absolute atomic E-state index is 0.747. The number of fused-ring (bicyclic) bond motifs is 1. The molecular weight excluding hydrogens is 196 g/mol. The van der Waals surface area contributed by atoms with E-state index in [0.29, 0.717) is 0 Å². The summed E-state index contributed by atoms with van der Waals surface area (Å²) in [4.78, 5) is 0. The number of aryl methyl sites for hydroxylation is 2. The minimum atomic E-state index is 0.747. The summed E-state index contributed by atoms with van der Waals surface area (Å²) in [6.45, 7) is 4.14. The van der Waals surface area contributed by atoms with E-state index in [1.165, 1.54) is 0 Å². The predicted octanol–water partition coefficient (Wildman–Crippen LogP) is 4.01. The molecule has 2 aromatic rings. The van der Waals surface area contributed by atoms with Gasteiger partial charge in [0, 0.05) is 22.9 Å². The molecule has 1 aromatic heterocycles. The lowest BCUT2D eigenvalue weighted by atomic mass is 10.1. The van der Waals surface area contributed by atoms with Gasteiger partial charge in [0.2, 0.25) is 0 Å². The van der Waals surface area contributed by atoms with E-state index in [-0.39, 0.29) is 0 Å². The zero-order chi connectivity index (χ0) is 10.1. The second kappa shape index (κ2) is 3.66. The van der Waals surface area contributed by atoms with Gasteiger partial charge in [0.05, 0.1) is 0 Å². The highest BCUT2D eigenvalue weighted by molar-refractivity contribution is 6.32. The van der Waals surface area contributed by atoms with E-state index in [4.69, 9.17) is 16.0 Å². The van der Waals surface area contributed by atoms with Crippen molar-refractivity contribution in [1.82, 2.24) is 0 Å². The van der Waals surface area contributed by atoms with Crippen LogP contribution in [0.2, 0.25) is 5.02 Å². The molecule has 0 fully saturated rings. The summed E-state index contributed by atoms with van der Waals surface area (Å²) < 4.78 is 5.58. The molecule has 0 saturated carbocycles. The number of rotatable bonds is 2. The molecule has 0 atom stereocenters. The molecule has 1 aromatic carbocycles. The molecule has 0 aliphatic heterocycles. The van der Waals surface area contributed by atoms with Crippen LogP contribution in [-0.2, 0) is 12.8 Å². The third-order valence-corrected chi connectivity index (χ3v) is 2.68. The van der Waals surface area contributed by atoms with Crippen LogP contribution in [0.4, 0.5) is 0 Å². The molecule has 0 aliphatic rings. The van der Waals surface area contributed by atoms with Crippen molar-refractivity contribution in [2.24, 2.45) is 0 Å². The van der Waals surface area contributed by atoms with Crippen molar-refractivity contribution in [2.45, 2.75) is 26.7 Å². The van der Waals surface area contributed by atoms with E-state index in [2.05, 4.69) is 19.9 Å². The summed E-state index contributed by atoms with van der Waals surface area (Å²) in [6, 6.07) is 7.19. The fourth-order valence-corrected chi connectivity index (χ4v) is 1.80. The molecule has 0 aliphatic carbocycles. The lowest BCUT2D eigenvalue weighted by Crippen LogP contribution is -1.81. The maximum atomic E-state index is 6.06. The molecule has 0 N–H and O–H groups in total. The van der Waals surface area contributed by atoms with Gasteiger partial charge in [-0.25, -0.2) is 0 Å². The van der Waals surface area contributed by atoms with Crippen LogP contribution >= 0.6 is 11.6 Å². The molecule has 0 amide bonds. The van der Waals surface area contributed by atoms with Crippen molar-refractivity contribution in [2.75, 3.05) is 0 Å². The maximum Gasteiger partial charge on any atom is 0.136 e. The monoisotopic (exact) mass is 207 g/mol. The average Bonchev–Trinajstić information content (AvgIpc) is 2.58. The van der Waals surface area contributed by atoms with Crippen LogP contribution in [0.3, 0.4) is 0 Å². The van der Waals surface area contributed by atoms with E-state index in [1.54, 1.807) is 0 Å². The highest BCUT2D eigenvalue weighted by Gasteiger charge is 2.06. The largest absolute Gasteiger partial charge is 0.461 e. The predicted molar refractivity (Wildman–Crippen MR) is 58.8 cm³/mol. The van der Waals surface area contributed by atoms with Crippen molar-refractivity contribution in [3.05, 3.63) is 34.5 Å². The lowest BCUT2D eigenvalue weighted by Gasteiger charge is -1.98. The summed E-state index contributed by atoms with van der Waals surface area (Å²) in [5, 5.41) is 1.78. The van der Waals surface area contributed by atoms with Crippen LogP contribution in [-0.4, -0.2) is 0 Å². The first kappa shape index (κ1) is 9.60. The third kappa shape index (κ3) is 1.53. The first-order valence-electron chi connectivity index (χ1n) is 4.87. The standard InChI is InChI=1S/C12H12ClO/c1-3-8-5-9-6-10(4-2)14-12(9)7-11(8)13/h6-7H,3-4H2,1-2H3. The number of halogens is 1. The van der Waals surface area contributed by atoms with Crippen molar-refractivity contribution in [3.8, 4) is 0 Å². The van der Waals surface area contributed by atoms with E-state index in [9.17, 15) is 0 Å². The second-order valence-electron chi connectivity index (χ2n) is 3.29. The number of hydrogen-bond donors (Lipinski definition) is 0. The smallest absolute Gasteiger partial charge is 0.136 e. The summed E-state index contributed by atoms with van der Waals surface area (Å²) in [6.07, 6.45) is 1.81. The van der Waals surface area contributed by atoms with Crippen molar-refractivity contribution >= 4 is 22.6 Å². The molecule has 14 heavy (non-hydrogen) atoms. The first-order chi connectivity index (χ1) is 6.74. The molecule has 2 rings (SSSR count). The first-order valence-corrected chi connectivity index (χ1v) is 5.25. The van der Waals surface area contributed by atoms with E-state index >= 15 is 0 Å². The quantitative estimate of drug-likeness (QED) is 0.725. The summed E-state index contributed by atoms with van der Waals surface area (Å²) in [5.74, 6) is 0.987. The Kier molecular flexibility index (Phi) is 2.51. The Morgan fingerprint density at radius 3 is 2.71 bits per heavy atom. The normalized spacial score (nSPS) is 11.1. The van der Waals surface area contributed by atoms with Gasteiger partial charge in [0.15, 0.2) is 0 Å². The molecule has 1 radical (unpaired) electrons. The number of benzene rings is 1. The molecule has 73 valence electrons. The van der Waals surface area contributed by atoms with Gasteiger partial charge < -0.3 is 4.42 Å². The van der Waals surface area contributed by atoms with E-state index < -0.39 is 0 Å². The Balaban J connectivity index is 2.64. The average molecular weight is 208 g/mol. The highest BCUT2D eigenvalue weighted by Crippen LogP contribution is 2.26.